The number of hydrogen-bond donors (Lipinski definition) is 1. The van der Waals surface area contributed by atoms with Crippen molar-refractivity contribution in [3.05, 3.63) is 0 Å². The quantitative estimate of drug-likeness (QED) is 0.837. The average molecular weight is 266 g/mol. The van der Waals surface area contributed by atoms with E-state index in [0.717, 1.165) is 17.8 Å². The van der Waals surface area contributed by atoms with Crippen molar-refractivity contribution in [3.8, 4) is 0 Å². The van der Waals surface area contributed by atoms with Crippen LogP contribution in [0.5, 0.6) is 0 Å². The van der Waals surface area contributed by atoms with Crippen LogP contribution in [0.3, 0.4) is 0 Å². The summed E-state index contributed by atoms with van der Waals surface area (Å²) in [4.78, 5) is 2.77. The summed E-state index contributed by atoms with van der Waals surface area (Å²) in [5, 5.41) is 3.77. The highest BCUT2D eigenvalue weighted by Crippen LogP contribution is 2.30. The van der Waals surface area contributed by atoms with Gasteiger partial charge in [0, 0.05) is 19.1 Å². The molecule has 2 heteroatoms. The Morgan fingerprint density at radius 3 is 2.74 bits per heavy atom. The van der Waals surface area contributed by atoms with Crippen LogP contribution in [-0.2, 0) is 0 Å². The van der Waals surface area contributed by atoms with Crippen molar-refractivity contribution in [3.63, 3.8) is 0 Å². The van der Waals surface area contributed by atoms with Gasteiger partial charge in [-0.2, -0.15) is 0 Å². The molecule has 1 saturated heterocycles. The molecule has 2 fully saturated rings. The van der Waals surface area contributed by atoms with Crippen LogP contribution in [0.25, 0.3) is 0 Å². The number of rotatable bonds is 4. The minimum absolute atomic E-state index is 0.714. The van der Waals surface area contributed by atoms with Gasteiger partial charge >= 0.3 is 0 Å². The average Bonchev–Trinajstić information content (AvgIpc) is 2.66. The fourth-order valence-electron chi connectivity index (χ4n) is 3.85. The van der Waals surface area contributed by atoms with Gasteiger partial charge in [0.05, 0.1) is 0 Å². The summed E-state index contributed by atoms with van der Waals surface area (Å²) in [5.74, 6) is 2.72. The van der Waals surface area contributed by atoms with Gasteiger partial charge in [-0.05, 0) is 43.7 Å². The van der Waals surface area contributed by atoms with Crippen LogP contribution in [-0.4, -0.2) is 37.1 Å². The van der Waals surface area contributed by atoms with Gasteiger partial charge in [-0.15, -0.1) is 0 Å². The summed E-state index contributed by atoms with van der Waals surface area (Å²) in [5.41, 5.74) is 0. The van der Waals surface area contributed by atoms with E-state index in [9.17, 15) is 0 Å². The number of nitrogens with zero attached hydrogens (tertiary/aromatic N) is 1. The van der Waals surface area contributed by atoms with Crippen molar-refractivity contribution in [2.75, 3.05) is 26.2 Å². The Labute approximate surface area is 120 Å². The Bertz CT molecular complexity index is 254. The maximum Gasteiger partial charge on any atom is 0.0220 e. The second kappa shape index (κ2) is 7.64. The van der Waals surface area contributed by atoms with Gasteiger partial charge in [-0.1, -0.05) is 46.5 Å². The zero-order chi connectivity index (χ0) is 13.7. The van der Waals surface area contributed by atoms with E-state index in [1.165, 1.54) is 64.7 Å². The number of nitrogens with one attached hydrogen (secondary N) is 1. The van der Waals surface area contributed by atoms with Gasteiger partial charge in [0.15, 0.2) is 0 Å². The van der Waals surface area contributed by atoms with E-state index in [1.54, 1.807) is 0 Å². The van der Waals surface area contributed by atoms with Crippen molar-refractivity contribution < 1.29 is 0 Å². The first-order valence-corrected chi connectivity index (χ1v) is 8.66. The standard InChI is InChI=1S/C17H34N2/c1-4-14(2)17-13-19(11-7-10-18-17)12-16-9-6-5-8-15(16)3/h14-18H,4-13H2,1-3H3. The molecule has 4 unspecified atom stereocenters. The maximum atomic E-state index is 3.77. The van der Waals surface area contributed by atoms with Gasteiger partial charge in [-0.25, -0.2) is 0 Å². The third-order valence-corrected chi connectivity index (χ3v) is 5.63. The van der Waals surface area contributed by atoms with E-state index in [1.807, 2.05) is 0 Å². The molecule has 0 bridgehead atoms. The molecule has 0 spiro atoms. The third-order valence-electron chi connectivity index (χ3n) is 5.63. The van der Waals surface area contributed by atoms with Crippen LogP contribution >= 0.6 is 0 Å². The predicted octanol–water partition coefficient (Wildman–Crippen LogP) is 3.52. The van der Waals surface area contributed by atoms with E-state index < -0.39 is 0 Å². The Morgan fingerprint density at radius 1 is 1.21 bits per heavy atom. The smallest absolute Gasteiger partial charge is 0.0220 e. The Morgan fingerprint density at radius 2 is 2.00 bits per heavy atom. The summed E-state index contributed by atoms with van der Waals surface area (Å²) >= 11 is 0. The summed E-state index contributed by atoms with van der Waals surface area (Å²) in [7, 11) is 0. The number of hydrogen-bond acceptors (Lipinski definition) is 2. The summed E-state index contributed by atoms with van der Waals surface area (Å²) in [6.45, 7) is 12.4. The van der Waals surface area contributed by atoms with Crippen LogP contribution in [0.4, 0.5) is 0 Å². The van der Waals surface area contributed by atoms with Gasteiger partial charge in [0.25, 0.3) is 0 Å². The Kier molecular flexibility index (Phi) is 6.15. The molecule has 1 heterocycles. The molecule has 2 aliphatic rings. The predicted molar refractivity (Wildman–Crippen MR) is 83.4 cm³/mol. The molecular weight excluding hydrogens is 232 g/mol. The van der Waals surface area contributed by atoms with Crippen LogP contribution < -0.4 is 5.32 Å². The molecular formula is C17H34N2. The molecule has 0 aromatic heterocycles. The van der Waals surface area contributed by atoms with Crippen LogP contribution in [0.2, 0.25) is 0 Å². The first-order valence-electron chi connectivity index (χ1n) is 8.66. The minimum Gasteiger partial charge on any atom is -0.312 e. The lowest BCUT2D eigenvalue weighted by Crippen LogP contribution is -2.44. The van der Waals surface area contributed by atoms with Crippen molar-refractivity contribution in [2.24, 2.45) is 17.8 Å². The van der Waals surface area contributed by atoms with E-state index in [4.69, 9.17) is 0 Å². The second-order valence-corrected chi connectivity index (χ2v) is 7.08. The first-order chi connectivity index (χ1) is 9.20. The van der Waals surface area contributed by atoms with Crippen LogP contribution in [0.1, 0.15) is 59.3 Å². The lowest BCUT2D eigenvalue weighted by molar-refractivity contribution is 0.150. The van der Waals surface area contributed by atoms with Crippen LogP contribution in [0.15, 0.2) is 0 Å². The molecule has 0 radical (unpaired) electrons. The maximum absolute atomic E-state index is 3.77. The minimum atomic E-state index is 0.714. The molecule has 0 aromatic carbocycles. The fourth-order valence-corrected chi connectivity index (χ4v) is 3.85. The van der Waals surface area contributed by atoms with Crippen molar-refractivity contribution in [1.29, 1.82) is 0 Å². The highest BCUT2D eigenvalue weighted by molar-refractivity contribution is 4.83. The van der Waals surface area contributed by atoms with Crippen molar-refractivity contribution in [1.82, 2.24) is 10.2 Å². The summed E-state index contributed by atoms with van der Waals surface area (Å²) < 4.78 is 0. The summed E-state index contributed by atoms with van der Waals surface area (Å²) in [6.07, 6.45) is 8.49. The molecule has 112 valence electrons. The van der Waals surface area contributed by atoms with Gasteiger partial charge < -0.3 is 10.2 Å². The lowest BCUT2D eigenvalue weighted by Gasteiger charge is -2.35. The fraction of sp³-hybridized carbons (Fsp3) is 1.00. The largest absolute Gasteiger partial charge is 0.312 e. The molecule has 1 aliphatic heterocycles. The van der Waals surface area contributed by atoms with Gasteiger partial charge in [0.1, 0.15) is 0 Å². The van der Waals surface area contributed by atoms with Gasteiger partial charge in [-0.3, -0.25) is 0 Å². The molecule has 2 rings (SSSR count). The zero-order valence-corrected chi connectivity index (χ0v) is 13.3. The normalized spacial score (nSPS) is 35.8. The molecule has 1 aliphatic carbocycles. The van der Waals surface area contributed by atoms with Crippen molar-refractivity contribution >= 4 is 0 Å². The molecule has 2 nitrogen and oxygen atoms in total. The topological polar surface area (TPSA) is 15.3 Å². The third kappa shape index (κ3) is 4.46. The molecule has 1 N–H and O–H groups in total. The first kappa shape index (κ1) is 15.3. The van der Waals surface area contributed by atoms with E-state index in [2.05, 4.69) is 31.0 Å². The molecule has 0 amide bonds. The molecule has 4 atom stereocenters. The molecule has 1 saturated carbocycles. The van der Waals surface area contributed by atoms with E-state index in [-0.39, 0.29) is 0 Å². The highest BCUT2D eigenvalue weighted by atomic mass is 15.2. The van der Waals surface area contributed by atoms with E-state index in [0.29, 0.717) is 6.04 Å². The molecule has 19 heavy (non-hydrogen) atoms. The zero-order valence-electron chi connectivity index (χ0n) is 13.3. The Balaban J connectivity index is 1.87. The second-order valence-electron chi connectivity index (χ2n) is 7.08. The monoisotopic (exact) mass is 266 g/mol. The lowest BCUT2D eigenvalue weighted by atomic mass is 9.80. The van der Waals surface area contributed by atoms with Crippen LogP contribution in [0, 0.1) is 17.8 Å². The molecule has 0 aromatic rings. The van der Waals surface area contributed by atoms with Gasteiger partial charge in [0.2, 0.25) is 0 Å². The van der Waals surface area contributed by atoms with Crippen molar-refractivity contribution in [2.45, 2.75) is 65.3 Å². The summed E-state index contributed by atoms with van der Waals surface area (Å²) in [6, 6.07) is 0.714. The Hall–Kier alpha value is -0.0800. The highest BCUT2D eigenvalue weighted by Gasteiger charge is 2.27. The van der Waals surface area contributed by atoms with E-state index >= 15 is 0 Å². The SMILES string of the molecule is CCC(C)C1CN(CC2CCCCC2C)CCCN1.